The summed E-state index contributed by atoms with van der Waals surface area (Å²) in [6.07, 6.45) is 1.39. The maximum atomic E-state index is 12.9. The summed E-state index contributed by atoms with van der Waals surface area (Å²) in [5.74, 6) is -0.625. The van der Waals surface area contributed by atoms with E-state index in [1.807, 2.05) is 19.1 Å². The van der Waals surface area contributed by atoms with Gasteiger partial charge < -0.3 is 5.32 Å². The number of aryl methyl sites for hydroxylation is 2. The van der Waals surface area contributed by atoms with E-state index >= 15 is 0 Å². The normalized spacial score (nSPS) is 11.1. The fourth-order valence-corrected chi connectivity index (χ4v) is 3.99. The lowest BCUT2D eigenvalue weighted by Crippen LogP contribution is -2.25. The number of nitrogens with one attached hydrogen (secondary N) is 2. The number of benzene rings is 3. The lowest BCUT2D eigenvalue weighted by Gasteiger charge is -2.10. The van der Waals surface area contributed by atoms with Gasteiger partial charge in [0.15, 0.2) is 0 Å². The molecule has 0 aromatic heterocycles. The summed E-state index contributed by atoms with van der Waals surface area (Å²) in [5.41, 5.74) is 2.73. The molecule has 3 aromatic rings. The molecule has 0 bridgehead atoms. The Morgan fingerprint density at radius 3 is 2.37 bits per heavy atom. The third kappa shape index (κ3) is 5.90. The number of carbonyl (C=O) groups is 1. The molecule has 3 rings (SSSR count). The van der Waals surface area contributed by atoms with Gasteiger partial charge in [0, 0.05) is 17.8 Å². The standard InChI is InChI=1S/C23H23FN2O3S/c1-17-7-13-21(14-8-17)26-30(28,29)22-6-2-5-19(16-22)23(27)25-15-3-4-18-9-11-20(24)12-10-18/h2,5-14,16,26H,3-4,15H2,1H3,(H,25,27). The Morgan fingerprint density at radius 2 is 1.67 bits per heavy atom. The molecule has 0 saturated carbocycles. The molecule has 0 aliphatic carbocycles. The van der Waals surface area contributed by atoms with Gasteiger partial charge in [0.1, 0.15) is 5.82 Å². The Labute approximate surface area is 176 Å². The molecule has 3 aromatic carbocycles. The maximum absolute atomic E-state index is 12.9. The number of anilines is 1. The predicted molar refractivity (Wildman–Crippen MR) is 115 cm³/mol. The van der Waals surface area contributed by atoms with Crippen LogP contribution in [0.5, 0.6) is 0 Å². The van der Waals surface area contributed by atoms with Crippen LogP contribution in [-0.2, 0) is 16.4 Å². The van der Waals surface area contributed by atoms with E-state index in [2.05, 4.69) is 10.0 Å². The van der Waals surface area contributed by atoms with Crippen LogP contribution in [-0.4, -0.2) is 20.9 Å². The second-order valence-electron chi connectivity index (χ2n) is 6.99. The number of carbonyl (C=O) groups excluding carboxylic acids is 1. The molecule has 0 radical (unpaired) electrons. The summed E-state index contributed by atoms with van der Waals surface area (Å²) in [6.45, 7) is 2.34. The van der Waals surface area contributed by atoms with Crippen LogP contribution in [0.15, 0.2) is 77.7 Å². The van der Waals surface area contributed by atoms with Gasteiger partial charge in [-0.05, 0) is 67.8 Å². The van der Waals surface area contributed by atoms with E-state index in [-0.39, 0.29) is 22.2 Å². The van der Waals surface area contributed by atoms with Crippen molar-refractivity contribution in [3.63, 3.8) is 0 Å². The van der Waals surface area contributed by atoms with Crippen molar-refractivity contribution in [3.05, 3.63) is 95.3 Å². The number of rotatable bonds is 8. The first-order chi connectivity index (χ1) is 14.3. The van der Waals surface area contributed by atoms with Crippen LogP contribution < -0.4 is 10.0 Å². The van der Waals surface area contributed by atoms with Gasteiger partial charge in [-0.2, -0.15) is 0 Å². The quantitative estimate of drug-likeness (QED) is 0.528. The largest absolute Gasteiger partial charge is 0.352 e. The molecule has 0 fully saturated rings. The molecule has 0 atom stereocenters. The van der Waals surface area contributed by atoms with Crippen LogP contribution in [0.2, 0.25) is 0 Å². The van der Waals surface area contributed by atoms with Crippen LogP contribution in [0.25, 0.3) is 0 Å². The lowest BCUT2D eigenvalue weighted by molar-refractivity contribution is 0.0953. The first-order valence-electron chi connectivity index (χ1n) is 9.56. The minimum absolute atomic E-state index is 0.0158. The summed E-state index contributed by atoms with van der Waals surface area (Å²) in [5, 5.41) is 2.79. The van der Waals surface area contributed by atoms with E-state index in [9.17, 15) is 17.6 Å². The summed E-state index contributed by atoms with van der Waals surface area (Å²) >= 11 is 0. The van der Waals surface area contributed by atoms with Crippen LogP contribution >= 0.6 is 0 Å². The van der Waals surface area contributed by atoms with Gasteiger partial charge >= 0.3 is 0 Å². The molecular formula is C23H23FN2O3S. The molecule has 0 aliphatic heterocycles. The van der Waals surface area contributed by atoms with E-state index < -0.39 is 10.0 Å². The molecular weight excluding hydrogens is 403 g/mol. The topological polar surface area (TPSA) is 75.3 Å². The van der Waals surface area contributed by atoms with Crippen molar-refractivity contribution >= 4 is 21.6 Å². The minimum Gasteiger partial charge on any atom is -0.352 e. The summed E-state index contributed by atoms with van der Waals surface area (Å²) < 4.78 is 40.7. The van der Waals surface area contributed by atoms with E-state index in [0.717, 1.165) is 11.1 Å². The highest BCUT2D eigenvalue weighted by molar-refractivity contribution is 7.92. The smallest absolute Gasteiger partial charge is 0.261 e. The third-order valence-electron chi connectivity index (χ3n) is 4.55. The highest BCUT2D eigenvalue weighted by Gasteiger charge is 2.16. The van der Waals surface area contributed by atoms with Crippen LogP contribution in [0.4, 0.5) is 10.1 Å². The van der Waals surface area contributed by atoms with Crippen LogP contribution in [0.1, 0.15) is 27.9 Å². The van der Waals surface area contributed by atoms with Gasteiger partial charge in [-0.1, -0.05) is 35.9 Å². The zero-order valence-corrected chi connectivity index (χ0v) is 17.4. The molecule has 1 amide bonds. The molecule has 0 saturated heterocycles. The Hall–Kier alpha value is -3.19. The minimum atomic E-state index is -3.81. The fraction of sp³-hybridized carbons (Fsp3) is 0.174. The van der Waals surface area contributed by atoms with Gasteiger partial charge in [-0.25, -0.2) is 12.8 Å². The van der Waals surface area contributed by atoms with Gasteiger partial charge in [0.05, 0.1) is 4.90 Å². The zero-order chi connectivity index (χ0) is 21.6. The predicted octanol–water partition coefficient (Wildman–Crippen LogP) is 4.30. The van der Waals surface area contributed by atoms with Gasteiger partial charge in [0.2, 0.25) is 0 Å². The van der Waals surface area contributed by atoms with Gasteiger partial charge in [0.25, 0.3) is 15.9 Å². The number of sulfonamides is 1. The first kappa shape index (κ1) is 21.5. The van der Waals surface area contributed by atoms with Crippen molar-refractivity contribution in [3.8, 4) is 0 Å². The van der Waals surface area contributed by atoms with E-state index in [4.69, 9.17) is 0 Å². The number of halogens is 1. The van der Waals surface area contributed by atoms with Crippen molar-refractivity contribution in [2.24, 2.45) is 0 Å². The summed E-state index contributed by atoms with van der Waals surface area (Å²) in [6, 6.07) is 19.1. The Kier molecular flexibility index (Phi) is 6.84. The molecule has 0 aliphatic rings. The van der Waals surface area contributed by atoms with Crippen molar-refractivity contribution < 1.29 is 17.6 Å². The fourth-order valence-electron chi connectivity index (χ4n) is 2.89. The average molecular weight is 427 g/mol. The second kappa shape index (κ2) is 9.54. The zero-order valence-electron chi connectivity index (χ0n) is 16.6. The van der Waals surface area contributed by atoms with Crippen molar-refractivity contribution in [2.75, 3.05) is 11.3 Å². The van der Waals surface area contributed by atoms with E-state index in [1.54, 1.807) is 30.3 Å². The SMILES string of the molecule is Cc1ccc(NS(=O)(=O)c2cccc(C(=O)NCCCc3ccc(F)cc3)c2)cc1. The van der Waals surface area contributed by atoms with Gasteiger partial charge in [-0.3, -0.25) is 9.52 Å². The first-order valence-corrected chi connectivity index (χ1v) is 11.0. The number of hydrogen-bond donors (Lipinski definition) is 2. The molecule has 7 heteroatoms. The summed E-state index contributed by atoms with van der Waals surface area (Å²) in [4.78, 5) is 12.4. The van der Waals surface area contributed by atoms with Crippen molar-refractivity contribution in [1.82, 2.24) is 5.32 Å². The summed E-state index contributed by atoms with van der Waals surface area (Å²) in [7, 11) is -3.81. The molecule has 2 N–H and O–H groups in total. The molecule has 156 valence electrons. The molecule has 30 heavy (non-hydrogen) atoms. The third-order valence-corrected chi connectivity index (χ3v) is 5.93. The van der Waals surface area contributed by atoms with E-state index in [0.29, 0.717) is 25.1 Å². The monoisotopic (exact) mass is 426 g/mol. The Morgan fingerprint density at radius 1 is 0.967 bits per heavy atom. The molecule has 5 nitrogen and oxygen atoms in total. The van der Waals surface area contributed by atoms with Gasteiger partial charge in [-0.15, -0.1) is 0 Å². The highest BCUT2D eigenvalue weighted by Crippen LogP contribution is 2.18. The van der Waals surface area contributed by atoms with Crippen molar-refractivity contribution in [1.29, 1.82) is 0 Å². The Bertz CT molecular complexity index is 1110. The number of amides is 1. The van der Waals surface area contributed by atoms with Crippen molar-refractivity contribution in [2.45, 2.75) is 24.7 Å². The second-order valence-corrected chi connectivity index (χ2v) is 8.67. The maximum Gasteiger partial charge on any atom is 0.261 e. The van der Waals surface area contributed by atoms with E-state index in [1.165, 1.54) is 30.3 Å². The molecule has 0 unspecified atom stereocenters. The molecule has 0 spiro atoms. The number of hydrogen-bond acceptors (Lipinski definition) is 3. The Balaban J connectivity index is 1.58. The van der Waals surface area contributed by atoms with Crippen LogP contribution in [0.3, 0.4) is 0 Å². The lowest BCUT2D eigenvalue weighted by atomic mass is 10.1. The molecule has 0 heterocycles. The van der Waals surface area contributed by atoms with Crippen LogP contribution in [0, 0.1) is 12.7 Å². The average Bonchev–Trinajstić information content (AvgIpc) is 2.74. The highest BCUT2D eigenvalue weighted by atomic mass is 32.2.